The number of benzene rings is 2. The van der Waals surface area contributed by atoms with Crippen LogP contribution in [-0.2, 0) is 6.61 Å². The second-order valence-corrected chi connectivity index (χ2v) is 7.62. The quantitative estimate of drug-likeness (QED) is 0.540. The maximum atomic E-state index is 12.6. The Morgan fingerprint density at radius 3 is 2.66 bits per heavy atom. The molecule has 0 spiro atoms. The average Bonchev–Trinajstić information content (AvgIpc) is 3.17. The number of hydrogen-bond donors (Lipinski definition) is 1. The van der Waals surface area contributed by atoms with Crippen LogP contribution < -0.4 is 15.6 Å². The lowest BCUT2D eigenvalue weighted by atomic mass is 10.1. The normalized spacial score (nSPS) is 10.8. The van der Waals surface area contributed by atoms with E-state index in [1.165, 1.54) is 21.8 Å². The molecule has 0 aliphatic carbocycles. The van der Waals surface area contributed by atoms with Crippen LogP contribution in [0.15, 0.2) is 64.9 Å². The molecule has 2 aromatic heterocycles. The van der Waals surface area contributed by atoms with Gasteiger partial charge in [-0.1, -0.05) is 23.8 Å². The first-order chi connectivity index (χ1) is 14.0. The monoisotopic (exact) mass is 405 g/mol. The van der Waals surface area contributed by atoms with E-state index < -0.39 is 0 Å². The van der Waals surface area contributed by atoms with E-state index in [0.29, 0.717) is 27.7 Å². The van der Waals surface area contributed by atoms with E-state index in [1.807, 2.05) is 43.5 Å². The van der Waals surface area contributed by atoms with Crippen LogP contribution in [0.1, 0.15) is 27.2 Å². The van der Waals surface area contributed by atoms with E-state index in [2.05, 4.69) is 10.3 Å². The molecule has 6 nitrogen and oxygen atoms in total. The molecule has 146 valence electrons. The Hall–Kier alpha value is -3.45. The van der Waals surface area contributed by atoms with Crippen molar-refractivity contribution in [2.75, 3.05) is 5.32 Å². The highest BCUT2D eigenvalue weighted by Crippen LogP contribution is 2.27. The topological polar surface area (TPSA) is 72.7 Å². The van der Waals surface area contributed by atoms with Crippen molar-refractivity contribution in [3.8, 4) is 5.75 Å². The summed E-state index contributed by atoms with van der Waals surface area (Å²) in [5.74, 6) is 0.307. The Kier molecular flexibility index (Phi) is 5.14. The molecule has 2 aromatic carbocycles. The molecule has 0 saturated heterocycles. The molecule has 0 fully saturated rings. The summed E-state index contributed by atoms with van der Waals surface area (Å²) in [7, 11) is 0. The molecule has 4 rings (SSSR count). The highest BCUT2D eigenvalue weighted by atomic mass is 32.1. The Balaban J connectivity index is 1.55. The van der Waals surface area contributed by atoms with Crippen molar-refractivity contribution < 1.29 is 9.53 Å². The van der Waals surface area contributed by atoms with Crippen LogP contribution in [0.5, 0.6) is 5.75 Å². The summed E-state index contributed by atoms with van der Waals surface area (Å²) in [6.45, 7) is 4.04. The highest BCUT2D eigenvalue weighted by molar-refractivity contribution is 7.15. The Morgan fingerprint density at radius 2 is 1.86 bits per heavy atom. The fraction of sp³-hybridized carbons (Fsp3) is 0.136. The second-order valence-electron chi connectivity index (χ2n) is 6.75. The number of ether oxygens (including phenoxy) is 1. The number of nitrogens with zero attached hydrogens (tertiary/aromatic N) is 2. The molecule has 4 aromatic rings. The molecule has 0 unspecified atom stereocenters. The van der Waals surface area contributed by atoms with Crippen LogP contribution in [0.2, 0.25) is 0 Å². The smallest absolute Gasteiger partial charge is 0.258 e. The third-order valence-electron chi connectivity index (χ3n) is 4.43. The molecule has 0 aliphatic heterocycles. The van der Waals surface area contributed by atoms with Crippen LogP contribution in [0.3, 0.4) is 0 Å². The van der Waals surface area contributed by atoms with Crippen molar-refractivity contribution >= 4 is 27.9 Å². The van der Waals surface area contributed by atoms with Gasteiger partial charge in [0, 0.05) is 23.2 Å². The van der Waals surface area contributed by atoms with Gasteiger partial charge in [-0.15, -0.1) is 11.3 Å². The largest absolute Gasteiger partial charge is 0.485 e. The summed E-state index contributed by atoms with van der Waals surface area (Å²) >= 11 is 1.39. The molecule has 0 bridgehead atoms. The summed E-state index contributed by atoms with van der Waals surface area (Å²) < 4.78 is 7.39. The molecule has 1 N–H and O–H groups in total. The zero-order chi connectivity index (χ0) is 20.4. The van der Waals surface area contributed by atoms with Crippen molar-refractivity contribution in [1.29, 1.82) is 0 Å². The number of amides is 1. The van der Waals surface area contributed by atoms with Crippen molar-refractivity contribution in [1.82, 2.24) is 9.38 Å². The minimum Gasteiger partial charge on any atom is -0.485 e. The van der Waals surface area contributed by atoms with Gasteiger partial charge >= 0.3 is 0 Å². The maximum absolute atomic E-state index is 12.6. The van der Waals surface area contributed by atoms with Crippen LogP contribution in [0.25, 0.3) is 4.96 Å². The number of fused-ring (bicyclic) bond motifs is 1. The van der Waals surface area contributed by atoms with Gasteiger partial charge in [-0.25, -0.2) is 4.98 Å². The first-order valence-corrected chi connectivity index (χ1v) is 9.95. The zero-order valence-electron chi connectivity index (χ0n) is 16.0. The van der Waals surface area contributed by atoms with E-state index >= 15 is 0 Å². The number of hydrogen-bond acceptors (Lipinski definition) is 5. The van der Waals surface area contributed by atoms with Crippen LogP contribution in [0, 0.1) is 13.8 Å². The van der Waals surface area contributed by atoms with Crippen molar-refractivity contribution in [2.45, 2.75) is 20.5 Å². The Labute approximate surface area is 171 Å². The van der Waals surface area contributed by atoms with E-state index in [1.54, 1.807) is 24.4 Å². The van der Waals surface area contributed by atoms with Gasteiger partial charge in [-0.2, -0.15) is 0 Å². The molecule has 0 saturated carbocycles. The number of carbonyl (C=O) groups excluding carboxylic acids is 1. The molecule has 7 heteroatoms. The summed E-state index contributed by atoms with van der Waals surface area (Å²) in [4.78, 5) is 29.8. The van der Waals surface area contributed by atoms with Gasteiger partial charge in [0.1, 0.15) is 12.4 Å². The molecule has 29 heavy (non-hydrogen) atoms. The van der Waals surface area contributed by atoms with E-state index in [0.717, 1.165) is 11.1 Å². The van der Waals surface area contributed by atoms with Gasteiger partial charge in [0.2, 0.25) is 0 Å². The standard InChI is InChI=1S/C22H19N3O3S/c1-14-3-6-16(7-4-14)21(27)24-18-11-15(2)5-8-19(18)28-13-17-12-20(26)25-9-10-29-22(25)23-17/h3-12H,13H2,1-2H3,(H,24,27). The summed E-state index contributed by atoms with van der Waals surface area (Å²) in [6, 6.07) is 14.4. The number of aromatic nitrogens is 2. The third-order valence-corrected chi connectivity index (χ3v) is 5.19. The van der Waals surface area contributed by atoms with Gasteiger partial charge < -0.3 is 10.1 Å². The molecular weight excluding hydrogens is 386 g/mol. The van der Waals surface area contributed by atoms with Crippen molar-refractivity contribution in [3.63, 3.8) is 0 Å². The number of rotatable bonds is 5. The van der Waals surface area contributed by atoms with Crippen LogP contribution >= 0.6 is 11.3 Å². The molecule has 2 heterocycles. The fourth-order valence-corrected chi connectivity index (χ4v) is 3.62. The van der Waals surface area contributed by atoms with Gasteiger partial charge in [-0.05, 0) is 43.7 Å². The first kappa shape index (κ1) is 18.9. The first-order valence-electron chi connectivity index (χ1n) is 9.07. The van der Waals surface area contributed by atoms with E-state index in [-0.39, 0.29) is 18.1 Å². The molecular formula is C22H19N3O3S. The maximum Gasteiger partial charge on any atom is 0.258 e. The number of anilines is 1. The Bertz CT molecular complexity index is 1240. The predicted molar refractivity (Wildman–Crippen MR) is 114 cm³/mol. The second kappa shape index (κ2) is 7.89. The molecule has 1 amide bonds. The summed E-state index contributed by atoms with van der Waals surface area (Å²) in [6.07, 6.45) is 1.69. The third kappa shape index (κ3) is 4.20. The summed E-state index contributed by atoms with van der Waals surface area (Å²) in [5.41, 5.74) is 3.62. The van der Waals surface area contributed by atoms with Crippen LogP contribution in [0.4, 0.5) is 5.69 Å². The number of aryl methyl sites for hydroxylation is 2. The van der Waals surface area contributed by atoms with Crippen molar-refractivity contribution in [3.05, 3.63) is 92.8 Å². The molecule has 0 atom stereocenters. The highest BCUT2D eigenvalue weighted by Gasteiger charge is 2.12. The van der Waals surface area contributed by atoms with Gasteiger partial charge in [-0.3, -0.25) is 14.0 Å². The van der Waals surface area contributed by atoms with E-state index in [4.69, 9.17) is 4.74 Å². The predicted octanol–water partition coefficient (Wildman–Crippen LogP) is 4.20. The van der Waals surface area contributed by atoms with Crippen LogP contribution in [-0.4, -0.2) is 15.3 Å². The Morgan fingerprint density at radius 1 is 1.10 bits per heavy atom. The lowest BCUT2D eigenvalue weighted by molar-refractivity contribution is 0.102. The van der Waals surface area contributed by atoms with Crippen molar-refractivity contribution in [2.24, 2.45) is 0 Å². The summed E-state index contributed by atoms with van der Waals surface area (Å²) in [5, 5.41) is 4.72. The van der Waals surface area contributed by atoms with Gasteiger partial charge in [0.05, 0.1) is 11.4 Å². The minimum absolute atomic E-state index is 0.125. The lowest BCUT2D eigenvalue weighted by Crippen LogP contribution is -2.15. The number of carbonyl (C=O) groups is 1. The molecule has 0 aliphatic rings. The lowest BCUT2D eigenvalue weighted by Gasteiger charge is -2.13. The van der Waals surface area contributed by atoms with E-state index in [9.17, 15) is 9.59 Å². The SMILES string of the molecule is Cc1ccc(C(=O)Nc2cc(C)ccc2OCc2cc(=O)n3ccsc3n2)cc1. The number of nitrogens with one attached hydrogen (secondary N) is 1. The minimum atomic E-state index is -0.211. The average molecular weight is 405 g/mol. The molecule has 0 radical (unpaired) electrons. The number of thiazole rings is 1. The van der Waals surface area contributed by atoms with Gasteiger partial charge in [0.15, 0.2) is 4.96 Å². The zero-order valence-corrected chi connectivity index (χ0v) is 16.8. The van der Waals surface area contributed by atoms with Gasteiger partial charge in [0.25, 0.3) is 11.5 Å². The fourth-order valence-electron chi connectivity index (χ4n) is 2.88.